The lowest BCUT2D eigenvalue weighted by Crippen LogP contribution is -2.12. The molecule has 1 unspecified atom stereocenters. The lowest BCUT2D eigenvalue weighted by molar-refractivity contribution is 0.572. The Balaban J connectivity index is 1.65. The van der Waals surface area contributed by atoms with Crippen molar-refractivity contribution in [2.24, 2.45) is 0 Å². The molecule has 0 N–H and O–H groups in total. The third kappa shape index (κ3) is 2.62. The highest BCUT2D eigenvalue weighted by molar-refractivity contribution is 9.09. The number of aromatic nitrogens is 3. The highest BCUT2D eigenvalue weighted by Gasteiger charge is 2.22. The van der Waals surface area contributed by atoms with Crippen molar-refractivity contribution in [1.29, 1.82) is 0 Å². The minimum atomic E-state index is 0.584. The number of benzene rings is 1. The van der Waals surface area contributed by atoms with Crippen LogP contribution in [-0.4, -0.2) is 25.6 Å². The molecule has 18 heavy (non-hydrogen) atoms. The molecule has 0 radical (unpaired) electrons. The molecule has 5 heteroatoms. The summed E-state index contributed by atoms with van der Waals surface area (Å²) in [5.74, 6) is 0. The van der Waals surface area contributed by atoms with Gasteiger partial charge in [0.15, 0.2) is 0 Å². The molecule has 0 spiro atoms. The van der Waals surface area contributed by atoms with Crippen LogP contribution < -0.4 is 0 Å². The minimum Gasteiger partial charge on any atom is -0.251 e. The number of alkyl halides is 1. The van der Waals surface area contributed by atoms with Gasteiger partial charge in [0.1, 0.15) is 0 Å². The second-order valence-corrected chi connectivity index (χ2v) is 6.56. The zero-order valence-electron chi connectivity index (χ0n) is 9.92. The Labute approximate surface area is 119 Å². The number of fused-ring (bicyclic) bond motifs is 1. The number of halogens is 1. The van der Waals surface area contributed by atoms with E-state index in [0.29, 0.717) is 5.25 Å². The first-order chi connectivity index (χ1) is 8.85. The van der Waals surface area contributed by atoms with Gasteiger partial charge in [-0.2, -0.15) is 0 Å². The quantitative estimate of drug-likeness (QED) is 0.810. The molecule has 0 bridgehead atoms. The monoisotopic (exact) mass is 323 g/mol. The summed E-state index contributed by atoms with van der Waals surface area (Å²) < 4.78 is 1.97. The van der Waals surface area contributed by atoms with E-state index in [4.69, 9.17) is 0 Å². The summed E-state index contributed by atoms with van der Waals surface area (Å²) in [4.78, 5) is 1.42. The molecule has 0 saturated carbocycles. The standard InChI is InChI=1S/C13H14BrN3S/c14-6-5-11-8-17(16-15-11)9-12-7-10-3-1-2-4-13(10)18-12/h1-4,8,12H,5-7,9H2. The molecule has 0 fully saturated rings. The number of hydrogen-bond acceptors (Lipinski definition) is 3. The highest BCUT2D eigenvalue weighted by Crippen LogP contribution is 2.37. The van der Waals surface area contributed by atoms with Crippen LogP contribution in [0.3, 0.4) is 0 Å². The topological polar surface area (TPSA) is 30.7 Å². The Kier molecular flexibility index (Phi) is 3.70. The molecule has 1 aliphatic rings. The fourth-order valence-corrected chi connectivity index (χ4v) is 3.92. The van der Waals surface area contributed by atoms with Crippen LogP contribution in [0.4, 0.5) is 0 Å². The van der Waals surface area contributed by atoms with E-state index >= 15 is 0 Å². The molecule has 94 valence electrons. The molecule has 0 aliphatic carbocycles. The largest absolute Gasteiger partial charge is 0.251 e. The van der Waals surface area contributed by atoms with Gasteiger partial charge in [-0.05, 0) is 18.1 Å². The maximum Gasteiger partial charge on any atom is 0.0835 e. The Morgan fingerprint density at radius 2 is 2.28 bits per heavy atom. The van der Waals surface area contributed by atoms with Crippen molar-refractivity contribution in [3.8, 4) is 0 Å². The molecule has 0 saturated heterocycles. The van der Waals surface area contributed by atoms with Crippen molar-refractivity contribution in [1.82, 2.24) is 15.0 Å². The van der Waals surface area contributed by atoms with Crippen LogP contribution in [0.15, 0.2) is 35.4 Å². The molecule has 3 nitrogen and oxygen atoms in total. The zero-order chi connectivity index (χ0) is 12.4. The fraction of sp³-hybridized carbons (Fsp3) is 0.385. The SMILES string of the molecule is BrCCc1cn(CC2Cc3ccccc3S2)nn1. The van der Waals surface area contributed by atoms with Gasteiger partial charge in [0.05, 0.1) is 12.2 Å². The minimum absolute atomic E-state index is 0.584. The molecule has 1 aromatic heterocycles. The predicted molar refractivity (Wildman–Crippen MR) is 77.3 cm³/mol. The smallest absolute Gasteiger partial charge is 0.0835 e. The summed E-state index contributed by atoms with van der Waals surface area (Å²) in [6.45, 7) is 0.939. The Morgan fingerprint density at radius 3 is 3.11 bits per heavy atom. The van der Waals surface area contributed by atoms with Crippen molar-refractivity contribution >= 4 is 27.7 Å². The summed E-state index contributed by atoms with van der Waals surface area (Å²) in [6, 6.07) is 8.65. The van der Waals surface area contributed by atoms with Crippen molar-refractivity contribution < 1.29 is 0 Å². The van der Waals surface area contributed by atoms with Crippen LogP contribution in [-0.2, 0) is 19.4 Å². The van der Waals surface area contributed by atoms with Crippen molar-refractivity contribution in [3.63, 3.8) is 0 Å². The maximum atomic E-state index is 4.19. The van der Waals surface area contributed by atoms with Crippen molar-refractivity contribution in [2.45, 2.75) is 29.5 Å². The van der Waals surface area contributed by atoms with Gasteiger partial charge in [-0.3, -0.25) is 4.68 Å². The van der Waals surface area contributed by atoms with Gasteiger partial charge in [0.2, 0.25) is 0 Å². The first-order valence-electron chi connectivity index (χ1n) is 6.04. The second-order valence-electron chi connectivity index (χ2n) is 4.42. The molecule has 0 amide bonds. The normalized spacial score (nSPS) is 17.9. The van der Waals surface area contributed by atoms with E-state index in [1.165, 1.54) is 10.5 Å². The molecular weight excluding hydrogens is 310 g/mol. The van der Waals surface area contributed by atoms with Gasteiger partial charge >= 0.3 is 0 Å². The van der Waals surface area contributed by atoms with Crippen LogP contribution in [0.25, 0.3) is 0 Å². The second kappa shape index (κ2) is 5.45. The summed E-state index contributed by atoms with van der Waals surface area (Å²) in [6.07, 6.45) is 4.14. The van der Waals surface area contributed by atoms with Gasteiger partial charge in [-0.15, -0.1) is 16.9 Å². The zero-order valence-corrected chi connectivity index (χ0v) is 12.3. The maximum absolute atomic E-state index is 4.19. The highest BCUT2D eigenvalue weighted by atomic mass is 79.9. The van der Waals surface area contributed by atoms with Gasteiger partial charge in [0, 0.05) is 28.1 Å². The molecule has 2 heterocycles. The summed E-state index contributed by atoms with van der Waals surface area (Å²) in [7, 11) is 0. The first kappa shape index (κ1) is 12.2. The van der Waals surface area contributed by atoms with Gasteiger partial charge in [-0.25, -0.2) is 0 Å². The van der Waals surface area contributed by atoms with Gasteiger partial charge < -0.3 is 0 Å². The van der Waals surface area contributed by atoms with E-state index in [9.17, 15) is 0 Å². The van der Waals surface area contributed by atoms with Crippen molar-refractivity contribution in [3.05, 3.63) is 41.7 Å². The molecule has 1 aliphatic heterocycles. The molecule has 3 rings (SSSR count). The van der Waals surface area contributed by atoms with E-state index in [0.717, 1.165) is 30.4 Å². The van der Waals surface area contributed by atoms with Crippen LogP contribution >= 0.6 is 27.7 Å². The molecule has 2 aromatic rings. The number of thioether (sulfide) groups is 1. The number of aryl methyl sites for hydroxylation is 1. The number of hydrogen-bond donors (Lipinski definition) is 0. The van der Waals surface area contributed by atoms with E-state index < -0.39 is 0 Å². The Hall–Kier alpha value is -0.810. The number of rotatable bonds is 4. The average molecular weight is 324 g/mol. The van der Waals surface area contributed by atoms with Crippen molar-refractivity contribution in [2.75, 3.05) is 5.33 Å². The van der Waals surface area contributed by atoms with Crippen LogP contribution in [0.2, 0.25) is 0 Å². The third-order valence-electron chi connectivity index (χ3n) is 3.04. The third-order valence-corrected chi connectivity index (χ3v) is 4.74. The lowest BCUT2D eigenvalue weighted by Gasteiger charge is -2.06. The van der Waals surface area contributed by atoms with E-state index in [-0.39, 0.29) is 0 Å². The van der Waals surface area contributed by atoms with Crippen LogP contribution in [0, 0.1) is 0 Å². The first-order valence-corrected chi connectivity index (χ1v) is 8.05. The van der Waals surface area contributed by atoms with Gasteiger partial charge in [0.25, 0.3) is 0 Å². The fourth-order valence-electron chi connectivity index (χ4n) is 2.20. The van der Waals surface area contributed by atoms with E-state index in [1.54, 1.807) is 0 Å². The molecule has 1 aromatic carbocycles. The lowest BCUT2D eigenvalue weighted by atomic mass is 10.1. The Bertz CT molecular complexity index is 516. The average Bonchev–Trinajstić information content (AvgIpc) is 2.96. The summed E-state index contributed by atoms with van der Waals surface area (Å²) in [5, 5.41) is 9.89. The van der Waals surface area contributed by atoms with Crippen LogP contribution in [0.1, 0.15) is 11.3 Å². The summed E-state index contributed by atoms with van der Waals surface area (Å²) >= 11 is 5.38. The van der Waals surface area contributed by atoms with Gasteiger partial charge in [-0.1, -0.05) is 39.3 Å². The summed E-state index contributed by atoms with van der Waals surface area (Å²) in [5.41, 5.74) is 2.53. The molecular formula is C13H14BrN3S. The predicted octanol–water partition coefficient (Wildman–Crippen LogP) is 2.93. The molecule has 1 atom stereocenters. The van der Waals surface area contributed by atoms with E-state index in [1.807, 2.05) is 16.4 Å². The van der Waals surface area contributed by atoms with Crippen LogP contribution in [0.5, 0.6) is 0 Å². The van der Waals surface area contributed by atoms with E-state index in [2.05, 4.69) is 56.7 Å². The number of nitrogens with zero attached hydrogens (tertiary/aromatic N) is 3. The Morgan fingerprint density at radius 1 is 1.39 bits per heavy atom.